The van der Waals surface area contributed by atoms with Gasteiger partial charge in [0.25, 0.3) is 5.91 Å². The Kier molecular flexibility index (Phi) is 11.4. The summed E-state index contributed by atoms with van der Waals surface area (Å²) in [4.78, 5) is 17.0. The van der Waals surface area contributed by atoms with Crippen LogP contribution in [0, 0.1) is 11.7 Å². The fourth-order valence-corrected chi connectivity index (χ4v) is 3.64. The lowest BCUT2D eigenvalue weighted by atomic mass is 9.90. The molecule has 5 nitrogen and oxygen atoms in total. The van der Waals surface area contributed by atoms with Gasteiger partial charge in [0.2, 0.25) is 0 Å². The van der Waals surface area contributed by atoms with Gasteiger partial charge in [-0.3, -0.25) is 4.79 Å². The van der Waals surface area contributed by atoms with Crippen LogP contribution in [-0.2, 0) is 0 Å². The standard InChI is InChI=1S/C20H33FN4O.2ClH/c1-5-24-8-10-25(11-9-24)18-7-6-16(12-17(18)21)19(26)23-20(4,14-22)13-15(2)3;;/h6-7,12,15H,5,8-11,13-14,22H2,1-4H3,(H,23,26);2*1H. The normalized spacial score (nSPS) is 16.8. The van der Waals surface area contributed by atoms with Gasteiger partial charge in [0, 0.05) is 43.8 Å². The molecule has 0 saturated carbocycles. The van der Waals surface area contributed by atoms with E-state index in [-0.39, 0.29) is 36.5 Å². The number of hydrogen-bond acceptors (Lipinski definition) is 4. The van der Waals surface area contributed by atoms with Crippen LogP contribution in [0.5, 0.6) is 0 Å². The van der Waals surface area contributed by atoms with Crippen LogP contribution >= 0.6 is 24.8 Å². The van der Waals surface area contributed by atoms with Gasteiger partial charge >= 0.3 is 0 Å². The Bertz CT molecular complexity index is 624. The molecule has 1 aromatic carbocycles. The Morgan fingerprint density at radius 1 is 1.25 bits per heavy atom. The summed E-state index contributed by atoms with van der Waals surface area (Å²) in [6, 6.07) is 4.75. The molecule has 2 rings (SSSR count). The number of carbonyl (C=O) groups excluding carboxylic acids is 1. The monoisotopic (exact) mass is 436 g/mol. The van der Waals surface area contributed by atoms with Crippen LogP contribution in [0.25, 0.3) is 0 Å². The van der Waals surface area contributed by atoms with Crippen molar-refractivity contribution in [3.8, 4) is 0 Å². The summed E-state index contributed by atoms with van der Waals surface area (Å²) in [6.45, 7) is 13.1. The van der Waals surface area contributed by atoms with E-state index in [1.54, 1.807) is 12.1 Å². The summed E-state index contributed by atoms with van der Waals surface area (Å²) in [5.41, 5.74) is 6.27. The van der Waals surface area contributed by atoms with Gasteiger partial charge in [-0.05, 0) is 44.0 Å². The first-order chi connectivity index (χ1) is 12.3. The molecular formula is C20H35Cl2FN4O. The van der Waals surface area contributed by atoms with Crippen molar-refractivity contribution >= 4 is 36.4 Å². The van der Waals surface area contributed by atoms with Gasteiger partial charge in [0.1, 0.15) is 5.82 Å². The number of anilines is 1. The van der Waals surface area contributed by atoms with Gasteiger partial charge in [-0.15, -0.1) is 24.8 Å². The first-order valence-electron chi connectivity index (χ1n) is 9.57. The smallest absolute Gasteiger partial charge is 0.251 e. The largest absolute Gasteiger partial charge is 0.367 e. The van der Waals surface area contributed by atoms with E-state index in [9.17, 15) is 9.18 Å². The molecule has 1 heterocycles. The molecule has 1 saturated heterocycles. The second-order valence-corrected chi connectivity index (χ2v) is 7.90. The molecule has 0 bridgehead atoms. The first-order valence-corrected chi connectivity index (χ1v) is 9.57. The van der Waals surface area contributed by atoms with Crippen molar-refractivity contribution in [1.82, 2.24) is 10.2 Å². The molecule has 1 aliphatic heterocycles. The summed E-state index contributed by atoms with van der Waals surface area (Å²) >= 11 is 0. The Balaban J connectivity index is 0.00000364. The quantitative estimate of drug-likeness (QED) is 0.687. The Hall–Kier alpha value is -1.08. The number of halogens is 3. The van der Waals surface area contributed by atoms with E-state index < -0.39 is 5.54 Å². The first kappa shape index (κ1) is 26.9. The predicted octanol–water partition coefficient (Wildman–Crippen LogP) is 3.30. The molecule has 28 heavy (non-hydrogen) atoms. The number of nitrogens with zero attached hydrogens (tertiary/aromatic N) is 2. The van der Waals surface area contributed by atoms with Crippen LogP contribution < -0.4 is 16.0 Å². The van der Waals surface area contributed by atoms with Gasteiger partial charge in [-0.2, -0.15) is 0 Å². The van der Waals surface area contributed by atoms with E-state index in [0.717, 1.165) is 39.1 Å². The average Bonchev–Trinajstić information content (AvgIpc) is 2.61. The molecule has 0 aromatic heterocycles. The molecular weight excluding hydrogens is 402 g/mol. The highest BCUT2D eigenvalue weighted by Gasteiger charge is 2.27. The lowest BCUT2D eigenvalue weighted by Crippen LogP contribution is -2.52. The van der Waals surface area contributed by atoms with E-state index in [1.165, 1.54) is 6.07 Å². The number of rotatable bonds is 7. The zero-order valence-corrected chi connectivity index (χ0v) is 19.0. The number of hydrogen-bond donors (Lipinski definition) is 2. The molecule has 162 valence electrons. The van der Waals surface area contributed by atoms with Gasteiger partial charge < -0.3 is 20.9 Å². The Morgan fingerprint density at radius 2 is 1.86 bits per heavy atom. The van der Waals surface area contributed by atoms with Gasteiger partial charge in [0.15, 0.2) is 0 Å². The maximum Gasteiger partial charge on any atom is 0.251 e. The van der Waals surface area contributed by atoms with E-state index >= 15 is 0 Å². The van der Waals surface area contributed by atoms with Gasteiger partial charge in [-0.25, -0.2) is 4.39 Å². The zero-order valence-electron chi connectivity index (χ0n) is 17.3. The molecule has 0 aliphatic carbocycles. The number of likely N-dealkylation sites (N-methyl/N-ethyl adjacent to an activating group) is 1. The maximum absolute atomic E-state index is 14.6. The molecule has 1 aliphatic rings. The molecule has 8 heteroatoms. The number of benzene rings is 1. The van der Waals surface area contributed by atoms with E-state index in [2.05, 4.69) is 31.0 Å². The molecule has 1 amide bonds. The number of piperazine rings is 1. The summed E-state index contributed by atoms with van der Waals surface area (Å²) in [5.74, 6) is -0.217. The summed E-state index contributed by atoms with van der Waals surface area (Å²) in [5, 5.41) is 2.98. The van der Waals surface area contributed by atoms with Crippen molar-refractivity contribution in [3.63, 3.8) is 0 Å². The van der Waals surface area contributed by atoms with Crippen molar-refractivity contribution in [2.24, 2.45) is 11.7 Å². The third-order valence-corrected chi connectivity index (χ3v) is 5.09. The highest BCUT2D eigenvalue weighted by molar-refractivity contribution is 5.95. The predicted molar refractivity (Wildman–Crippen MR) is 120 cm³/mol. The maximum atomic E-state index is 14.6. The Morgan fingerprint density at radius 3 is 2.32 bits per heavy atom. The third-order valence-electron chi connectivity index (χ3n) is 5.09. The summed E-state index contributed by atoms with van der Waals surface area (Å²) in [7, 11) is 0. The highest BCUT2D eigenvalue weighted by Crippen LogP contribution is 2.23. The number of amides is 1. The van der Waals surface area contributed by atoms with E-state index in [4.69, 9.17) is 5.73 Å². The van der Waals surface area contributed by atoms with E-state index in [1.807, 2.05) is 11.8 Å². The minimum Gasteiger partial charge on any atom is -0.367 e. The van der Waals surface area contributed by atoms with Crippen LogP contribution in [-0.4, -0.2) is 55.6 Å². The Labute approximate surface area is 181 Å². The number of nitrogens with one attached hydrogen (secondary N) is 1. The second-order valence-electron chi connectivity index (χ2n) is 7.90. The molecule has 1 atom stereocenters. The lowest BCUT2D eigenvalue weighted by molar-refractivity contribution is 0.0898. The third kappa shape index (κ3) is 7.07. The van der Waals surface area contributed by atoms with Crippen LogP contribution in [0.15, 0.2) is 18.2 Å². The molecule has 1 fully saturated rings. The van der Waals surface area contributed by atoms with Crippen molar-refractivity contribution in [2.45, 2.75) is 39.7 Å². The van der Waals surface area contributed by atoms with Crippen LogP contribution in [0.1, 0.15) is 44.5 Å². The topological polar surface area (TPSA) is 61.6 Å². The number of nitrogens with two attached hydrogens (primary N) is 1. The van der Waals surface area contributed by atoms with Gasteiger partial charge in [0.05, 0.1) is 5.69 Å². The zero-order chi connectivity index (χ0) is 19.3. The van der Waals surface area contributed by atoms with Crippen LogP contribution in [0.3, 0.4) is 0 Å². The van der Waals surface area contributed by atoms with Gasteiger partial charge in [-0.1, -0.05) is 20.8 Å². The van der Waals surface area contributed by atoms with Crippen molar-refractivity contribution < 1.29 is 9.18 Å². The molecule has 0 radical (unpaired) electrons. The lowest BCUT2D eigenvalue weighted by Gasteiger charge is -2.35. The minimum absolute atomic E-state index is 0. The SMILES string of the molecule is CCN1CCN(c2ccc(C(=O)NC(C)(CN)CC(C)C)cc2F)CC1.Cl.Cl. The molecule has 1 unspecified atom stereocenters. The van der Waals surface area contributed by atoms with Crippen LogP contribution in [0.4, 0.5) is 10.1 Å². The van der Waals surface area contributed by atoms with Crippen molar-refractivity contribution in [1.29, 1.82) is 0 Å². The number of carbonyl (C=O) groups is 1. The average molecular weight is 437 g/mol. The summed E-state index contributed by atoms with van der Waals surface area (Å²) < 4.78 is 14.6. The minimum atomic E-state index is -0.489. The molecule has 1 aromatic rings. The van der Waals surface area contributed by atoms with Crippen LogP contribution in [0.2, 0.25) is 0 Å². The summed E-state index contributed by atoms with van der Waals surface area (Å²) in [6.07, 6.45) is 0.775. The van der Waals surface area contributed by atoms with Crippen molar-refractivity contribution in [3.05, 3.63) is 29.6 Å². The highest BCUT2D eigenvalue weighted by atomic mass is 35.5. The van der Waals surface area contributed by atoms with E-state index in [0.29, 0.717) is 23.7 Å². The second kappa shape index (κ2) is 11.8. The molecule has 0 spiro atoms. The molecule has 3 N–H and O–H groups in total. The fourth-order valence-electron chi connectivity index (χ4n) is 3.64. The van der Waals surface area contributed by atoms with Crippen molar-refractivity contribution in [2.75, 3.05) is 44.2 Å². The fraction of sp³-hybridized carbons (Fsp3) is 0.650.